The highest BCUT2D eigenvalue weighted by Crippen LogP contribution is 2.43. The summed E-state index contributed by atoms with van der Waals surface area (Å²) in [5.41, 5.74) is -1.99. The molecule has 148 valence electrons. The number of nitrogens with zero attached hydrogens (tertiary/aromatic N) is 2. The minimum absolute atomic E-state index is 0.285. The van der Waals surface area contributed by atoms with Gasteiger partial charge in [0.2, 0.25) is 0 Å². The Bertz CT molecular complexity index is 843. The number of rotatable bonds is 1. The summed E-state index contributed by atoms with van der Waals surface area (Å²) in [5, 5.41) is 11.7. The molecule has 0 bridgehead atoms. The highest BCUT2D eigenvalue weighted by molar-refractivity contribution is 5.80. The zero-order valence-electron chi connectivity index (χ0n) is 15.3. The third-order valence-electron chi connectivity index (χ3n) is 4.54. The predicted molar refractivity (Wildman–Crippen MR) is 92.0 cm³/mol. The van der Waals surface area contributed by atoms with Crippen LogP contribution in [0.1, 0.15) is 32.8 Å². The van der Waals surface area contributed by atoms with Crippen molar-refractivity contribution < 1.29 is 27.8 Å². The van der Waals surface area contributed by atoms with Crippen LogP contribution >= 0.6 is 0 Å². The Morgan fingerprint density at radius 1 is 1.41 bits per heavy atom. The van der Waals surface area contributed by atoms with Crippen molar-refractivity contribution in [3.8, 4) is 0 Å². The summed E-state index contributed by atoms with van der Waals surface area (Å²) in [7, 11) is 0. The standard InChI is InChI=1S/C18H22F3N3O3/c1-16(2,3)27-15(25)24-9-11(18(19,20)21)7-17(26,10-24)13-8-23-14-12(13)5-4-6-22-14/h4-6,8,11,26H,7,9-10H2,1-3H3,(H,22,23). The molecule has 2 N–H and O–H groups in total. The number of hydrogen-bond donors (Lipinski definition) is 2. The second-order valence-electron chi connectivity index (χ2n) is 7.94. The highest BCUT2D eigenvalue weighted by atomic mass is 19.4. The molecule has 2 atom stereocenters. The molecular formula is C18H22F3N3O3. The minimum atomic E-state index is -4.56. The van der Waals surface area contributed by atoms with E-state index in [9.17, 15) is 23.1 Å². The van der Waals surface area contributed by atoms with E-state index >= 15 is 0 Å². The van der Waals surface area contributed by atoms with Crippen LogP contribution in [-0.4, -0.2) is 50.9 Å². The Kier molecular flexibility index (Phi) is 4.62. The lowest BCUT2D eigenvalue weighted by Crippen LogP contribution is -2.55. The van der Waals surface area contributed by atoms with Crippen LogP contribution in [0.15, 0.2) is 24.5 Å². The van der Waals surface area contributed by atoms with E-state index in [4.69, 9.17) is 4.74 Å². The molecule has 2 aromatic heterocycles. The van der Waals surface area contributed by atoms with Gasteiger partial charge in [-0.15, -0.1) is 0 Å². The Balaban J connectivity index is 1.99. The monoisotopic (exact) mass is 385 g/mol. The quantitative estimate of drug-likeness (QED) is 0.787. The number of aliphatic hydroxyl groups is 1. The molecular weight excluding hydrogens is 363 g/mol. The number of carbonyl (C=O) groups excluding carboxylic acids is 1. The molecule has 2 unspecified atom stereocenters. The lowest BCUT2D eigenvalue weighted by atomic mass is 9.80. The van der Waals surface area contributed by atoms with Gasteiger partial charge in [0.25, 0.3) is 0 Å². The summed E-state index contributed by atoms with van der Waals surface area (Å²) in [6, 6.07) is 3.31. The molecule has 0 aromatic carbocycles. The first-order valence-corrected chi connectivity index (χ1v) is 8.59. The largest absolute Gasteiger partial charge is 0.444 e. The van der Waals surface area contributed by atoms with Gasteiger partial charge in [-0.25, -0.2) is 9.78 Å². The van der Waals surface area contributed by atoms with Crippen LogP contribution < -0.4 is 0 Å². The van der Waals surface area contributed by atoms with Crippen molar-refractivity contribution in [1.82, 2.24) is 14.9 Å². The summed E-state index contributed by atoms with van der Waals surface area (Å²) in [5.74, 6) is -1.87. The van der Waals surface area contributed by atoms with Gasteiger partial charge in [0.15, 0.2) is 0 Å². The first-order valence-electron chi connectivity index (χ1n) is 8.59. The maximum atomic E-state index is 13.5. The number of fused-ring (bicyclic) bond motifs is 1. The average Bonchev–Trinajstić information content (AvgIpc) is 2.96. The highest BCUT2D eigenvalue weighted by Gasteiger charge is 2.52. The SMILES string of the molecule is CC(C)(C)OC(=O)N1CC(C(F)(F)F)CC(O)(c2c[nH]c3ncccc23)C1. The van der Waals surface area contributed by atoms with Crippen molar-refractivity contribution in [3.05, 3.63) is 30.1 Å². The van der Waals surface area contributed by atoms with Crippen molar-refractivity contribution in [3.63, 3.8) is 0 Å². The fourth-order valence-electron chi connectivity index (χ4n) is 3.40. The van der Waals surface area contributed by atoms with Gasteiger partial charge in [0.05, 0.1) is 12.5 Å². The van der Waals surface area contributed by atoms with E-state index in [0.717, 1.165) is 4.90 Å². The van der Waals surface area contributed by atoms with Crippen LogP contribution in [0, 0.1) is 5.92 Å². The molecule has 1 amide bonds. The number of halogens is 3. The molecule has 0 radical (unpaired) electrons. The van der Waals surface area contributed by atoms with E-state index in [1.165, 1.54) is 6.20 Å². The lowest BCUT2D eigenvalue weighted by molar-refractivity contribution is -0.208. The van der Waals surface area contributed by atoms with Crippen molar-refractivity contribution in [2.24, 2.45) is 5.92 Å². The van der Waals surface area contributed by atoms with Crippen LogP contribution in [0.5, 0.6) is 0 Å². The molecule has 1 saturated heterocycles. The topological polar surface area (TPSA) is 78.5 Å². The van der Waals surface area contributed by atoms with Crippen LogP contribution in [-0.2, 0) is 10.3 Å². The second-order valence-corrected chi connectivity index (χ2v) is 7.94. The summed E-state index contributed by atoms with van der Waals surface area (Å²) in [6.45, 7) is 4.05. The van der Waals surface area contributed by atoms with Gasteiger partial charge in [0.1, 0.15) is 16.8 Å². The molecule has 0 aliphatic carbocycles. The average molecular weight is 385 g/mol. The number of pyridine rings is 1. The van der Waals surface area contributed by atoms with Gasteiger partial charge < -0.3 is 19.7 Å². The molecule has 1 aliphatic rings. The molecule has 6 nitrogen and oxygen atoms in total. The number of likely N-dealkylation sites (tertiary alicyclic amines) is 1. The summed E-state index contributed by atoms with van der Waals surface area (Å²) in [6.07, 6.45) is -2.99. The van der Waals surface area contributed by atoms with E-state index in [1.54, 1.807) is 39.1 Å². The Morgan fingerprint density at radius 2 is 2.11 bits per heavy atom. The van der Waals surface area contributed by atoms with Crippen molar-refractivity contribution in [2.75, 3.05) is 13.1 Å². The molecule has 3 rings (SSSR count). The van der Waals surface area contributed by atoms with Gasteiger partial charge in [-0.05, 0) is 39.3 Å². The molecule has 0 saturated carbocycles. The molecule has 1 fully saturated rings. The van der Waals surface area contributed by atoms with Gasteiger partial charge in [-0.3, -0.25) is 0 Å². The van der Waals surface area contributed by atoms with Crippen LogP contribution in [0.25, 0.3) is 11.0 Å². The number of β-amino-alcohol motifs (C(OH)–C–C–N with tert-alkyl or cyclic N) is 1. The number of nitrogens with one attached hydrogen (secondary N) is 1. The second kappa shape index (κ2) is 6.40. The zero-order chi connectivity index (χ0) is 20.0. The molecule has 1 aliphatic heterocycles. The molecule has 2 aromatic rings. The van der Waals surface area contributed by atoms with E-state index in [1.807, 2.05) is 0 Å². The molecule has 9 heteroatoms. The van der Waals surface area contributed by atoms with E-state index in [2.05, 4.69) is 9.97 Å². The van der Waals surface area contributed by atoms with Gasteiger partial charge in [-0.2, -0.15) is 13.2 Å². The number of amides is 1. The number of alkyl halides is 3. The number of aromatic amines is 1. The zero-order valence-corrected chi connectivity index (χ0v) is 15.3. The predicted octanol–water partition coefficient (Wildman–Crippen LogP) is 3.57. The smallest absolute Gasteiger partial charge is 0.410 e. The first-order chi connectivity index (χ1) is 12.4. The van der Waals surface area contributed by atoms with Crippen LogP contribution in [0.4, 0.5) is 18.0 Å². The van der Waals surface area contributed by atoms with Crippen molar-refractivity contribution >= 4 is 17.1 Å². The fourth-order valence-corrected chi connectivity index (χ4v) is 3.40. The minimum Gasteiger partial charge on any atom is -0.444 e. The van der Waals surface area contributed by atoms with E-state index < -0.39 is 42.4 Å². The Labute approximate surface area is 154 Å². The first kappa shape index (κ1) is 19.5. The lowest BCUT2D eigenvalue weighted by Gasteiger charge is -2.43. The third-order valence-corrected chi connectivity index (χ3v) is 4.54. The van der Waals surface area contributed by atoms with Crippen LogP contribution in [0.2, 0.25) is 0 Å². The maximum absolute atomic E-state index is 13.5. The van der Waals surface area contributed by atoms with Gasteiger partial charge in [-0.1, -0.05) is 0 Å². The van der Waals surface area contributed by atoms with Gasteiger partial charge >= 0.3 is 12.3 Å². The number of piperidine rings is 1. The fraction of sp³-hybridized carbons (Fsp3) is 0.556. The summed E-state index contributed by atoms with van der Waals surface area (Å²) >= 11 is 0. The van der Waals surface area contributed by atoms with Crippen LogP contribution in [0.3, 0.4) is 0 Å². The Hall–Kier alpha value is -2.29. The molecule has 0 spiro atoms. The number of hydrogen-bond acceptors (Lipinski definition) is 4. The Morgan fingerprint density at radius 3 is 2.74 bits per heavy atom. The third kappa shape index (κ3) is 4.02. The number of ether oxygens (including phenoxy) is 1. The summed E-state index contributed by atoms with van der Waals surface area (Å²) < 4.78 is 45.7. The summed E-state index contributed by atoms with van der Waals surface area (Å²) in [4.78, 5) is 20.3. The van der Waals surface area contributed by atoms with E-state index in [-0.39, 0.29) is 12.1 Å². The number of carbonyl (C=O) groups is 1. The van der Waals surface area contributed by atoms with Crippen molar-refractivity contribution in [2.45, 2.75) is 44.6 Å². The van der Waals surface area contributed by atoms with E-state index in [0.29, 0.717) is 11.0 Å². The molecule has 27 heavy (non-hydrogen) atoms. The molecule has 3 heterocycles. The normalized spacial score (nSPS) is 24.3. The number of H-pyrrole nitrogens is 1. The van der Waals surface area contributed by atoms with Crippen molar-refractivity contribution in [1.29, 1.82) is 0 Å². The maximum Gasteiger partial charge on any atom is 0.410 e. The van der Waals surface area contributed by atoms with Gasteiger partial charge in [0, 0.05) is 29.9 Å². The number of aromatic nitrogens is 2.